The first-order valence-corrected chi connectivity index (χ1v) is 7.57. The molecular formula is C20H12O5. The highest BCUT2D eigenvalue weighted by molar-refractivity contribution is 6.10. The number of phenols is 1. The van der Waals surface area contributed by atoms with Crippen molar-refractivity contribution in [3.8, 4) is 28.2 Å². The number of rotatable bonds is 2. The van der Waals surface area contributed by atoms with Crippen LogP contribution in [0.2, 0.25) is 0 Å². The molecule has 1 aliphatic carbocycles. The summed E-state index contributed by atoms with van der Waals surface area (Å²) >= 11 is 0. The first-order valence-electron chi connectivity index (χ1n) is 7.57. The van der Waals surface area contributed by atoms with Gasteiger partial charge in [-0.3, -0.25) is 4.79 Å². The van der Waals surface area contributed by atoms with Gasteiger partial charge in [-0.05, 0) is 29.3 Å². The van der Waals surface area contributed by atoms with Crippen molar-refractivity contribution in [3.63, 3.8) is 0 Å². The summed E-state index contributed by atoms with van der Waals surface area (Å²) in [5, 5.41) is 19.8. The maximum Gasteiger partial charge on any atom is 0.337 e. The Morgan fingerprint density at radius 2 is 1.72 bits per heavy atom. The lowest BCUT2D eigenvalue weighted by molar-refractivity contribution is 0.0699. The van der Waals surface area contributed by atoms with Crippen LogP contribution in [0, 0.1) is 0 Å². The Hall–Kier alpha value is -3.60. The van der Waals surface area contributed by atoms with Gasteiger partial charge in [-0.2, -0.15) is 0 Å². The van der Waals surface area contributed by atoms with Gasteiger partial charge in [-0.1, -0.05) is 30.3 Å². The predicted molar refractivity (Wildman–Crippen MR) is 93.2 cm³/mol. The monoisotopic (exact) mass is 332 g/mol. The summed E-state index contributed by atoms with van der Waals surface area (Å²) < 4.78 is 5.74. The standard InChI is InChI=1S/C20H12O5/c21-12-6-7-14-16(9-12)25-17-10-13(22)8-15(11-4-2-1-3-5-11)18(17)19(14)20(23)24/h1-10,21H,(H,23,24). The number of fused-ring (bicyclic) bond motifs is 2. The fourth-order valence-electron chi connectivity index (χ4n) is 3.05. The Bertz CT molecular complexity index is 1140. The summed E-state index contributed by atoms with van der Waals surface area (Å²) in [6.45, 7) is 0. The molecule has 0 unspecified atom stereocenters. The van der Waals surface area contributed by atoms with E-state index >= 15 is 0 Å². The molecule has 25 heavy (non-hydrogen) atoms. The molecular weight excluding hydrogens is 320 g/mol. The average molecular weight is 332 g/mol. The van der Waals surface area contributed by atoms with Crippen molar-refractivity contribution in [3.05, 3.63) is 76.5 Å². The van der Waals surface area contributed by atoms with Crippen LogP contribution in [0.25, 0.3) is 33.4 Å². The molecule has 0 spiro atoms. The molecule has 2 aromatic carbocycles. The second-order valence-corrected chi connectivity index (χ2v) is 5.67. The van der Waals surface area contributed by atoms with E-state index in [1.54, 1.807) is 12.1 Å². The molecule has 0 saturated carbocycles. The second-order valence-electron chi connectivity index (χ2n) is 5.67. The number of carboxylic acid groups (broad SMARTS) is 1. The Morgan fingerprint density at radius 3 is 2.44 bits per heavy atom. The summed E-state index contributed by atoms with van der Waals surface area (Å²) in [5.41, 5.74) is 1.53. The average Bonchev–Trinajstić information content (AvgIpc) is 2.59. The van der Waals surface area contributed by atoms with Crippen LogP contribution in [-0.2, 0) is 0 Å². The molecule has 1 heterocycles. The molecule has 2 aliphatic rings. The molecule has 0 amide bonds. The number of hydrogen-bond donors (Lipinski definition) is 2. The van der Waals surface area contributed by atoms with E-state index in [1.165, 1.54) is 30.3 Å². The lowest BCUT2D eigenvalue weighted by Gasteiger charge is -2.16. The number of aromatic carboxylic acids is 1. The van der Waals surface area contributed by atoms with E-state index in [9.17, 15) is 19.8 Å². The number of carboxylic acids is 1. The van der Waals surface area contributed by atoms with Crippen LogP contribution in [0.3, 0.4) is 0 Å². The van der Waals surface area contributed by atoms with Crippen molar-refractivity contribution in [1.29, 1.82) is 0 Å². The molecule has 2 N–H and O–H groups in total. The molecule has 0 bridgehead atoms. The van der Waals surface area contributed by atoms with Crippen molar-refractivity contribution in [1.82, 2.24) is 0 Å². The Morgan fingerprint density at radius 1 is 0.960 bits per heavy atom. The van der Waals surface area contributed by atoms with E-state index in [1.807, 2.05) is 18.2 Å². The lowest BCUT2D eigenvalue weighted by Crippen LogP contribution is -2.08. The lowest BCUT2D eigenvalue weighted by atomic mass is 9.91. The Balaban J connectivity index is 2.24. The minimum Gasteiger partial charge on any atom is -0.508 e. The van der Waals surface area contributed by atoms with Gasteiger partial charge >= 0.3 is 5.97 Å². The number of hydrogen-bond acceptors (Lipinski definition) is 4. The molecule has 0 radical (unpaired) electrons. The van der Waals surface area contributed by atoms with Crippen LogP contribution in [0.4, 0.5) is 0 Å². The van der Waals surface area contributed by atoms with E-state index in [0.29, 0.717) is 16.5 Å². The summed E-state index contributed by atoms with van der Waals surface area (Å²) in [4.78, 5) is 24.1. The van der Waals surface area contributed by atoms with E-state index in [0.717, 1.165) is 5.56 Å². The zero-order valence-corrected chi connectivity index (χ0v) is 12.9. The third-order valence-electron chi connectivity index (χ3n) is 4.08. The maximum atomic E-state index is 12.1. The molecule has 2 aromatic rings. The zero-order chi connectivity index (χ0) is 17.6. The number of phenolic OH excluding ortho intramolecular Hbond substituents is 1. The van der Waals surface area contributed by atoms with Crippen molar-refractivity contribution in [2.24, 2.45) is 0 Å². The van der Waals surface area contributed by atoms with Crippen LogP contribution >= 0.6 is 0 Å². The van der Waals surface area contributed by atoms with E-state index < -0.39 is 5.97 Å². The minimum absolute atomic E-state index is 0.0371. The highest BCUT2D eigenvalue weighted by Gasteiger charge is 2.25. The quantitative estimate of drug-likeness (QED) is 0.542. The van der Waals surface area contributed by atoms with Crippen LogP contribution in [0.15, 0.2) is 69.9 Å². The first-order chi connectivity index (χ1) is 12.0. The Kier molecular flexibility index (Phi) is 3.28. The molecule has 122 valence electrons. The van der Waals surface area contributed by atoms with Crippen molar-refractivity contribution >= 4 is 16.9 Å². The van der Waals surface area contributed by atoms with Gasteiger partial charge in [0, 0.05) is 23.1 Å². The fourth-order valence-corrected chi connectivity index (χ4v) is 3.05. The number of carbonyl (C=O) groups is 1. The van der Waals surface area contributed by atoms with Gasteiger partial charge in [-0.15, -0.1) is 0 Å². The van der Waals surface area contributed by atoms with Gasteiger partial charge in [0.25, 0.3) is 0 Å². The molecule has 1 aliphatic heterocycles. The maximum absolute atomic E-state index is 12.1. The van der Waals surface area contributed by atoms with E-state index in [2.05, 4.69) is 0 Å². The van der Waals surface area contributed by atoms with Crippen LogP contribution in [-0.4, -0.2) is 16.2 Å². The highest BCUT2D eigenvalue weighted by atomic mass is 16.4. The van der Waals surface area contributed by atoms with Gasteiger partial charge in [-0.25, -0.2) is 4.79 Å². The topological polar surface area (TPSA) is 87.7 Å². The largest absolute Gasteiger partial charge is 0.508 e. The number of benzene rings is 3. The van der Waals surface area contributed by atoms with Crippen molar-refractivity contribution in [2.45, 2.75) is 0 Å². The van der Waals surface area contributed by atoms with Gasteiger partial charge in [0.05, 0.1) is 5.56 Å². The first kappa shape index (κ1) is 15.0. The summed E-state index contributed by atoms with van der Waals surface area (Å²) in [5.74, 6) is -1.01. The van der Waals surface area contributed by atoms with Gasteiger partial charge in [0.15, 0.2) is 5.43 Å². The van der Waals surface area contributed by atoms with Gasteiger partial charge in [0.2, 0.25) is 0 Å². The normalized spacial score (nSPS) is 11.0. The summed E-state index contributed by atoms with van der Waals surface area (Å²) in [6.07, 6.45) is 0. The fraction of sp³-hybridized carbons (Fsp3) is 0. The minimum atomic E-state index is -1.13. The second kappa shape index (κ2) is 5.49. The van der Waals surface area contributed by atoms with Crippen LogP contribution in [0.1, 0.15) is 10.4 Å². The molecule has 0 fully saturated rings. The third kappa shape index (κ3) is 2.42. The van der Waals surface area contributed by atoms with E-state index in [4.69, 9.17) is 4.42 Å². The smallest absolute Gasteiger partial charge is 0.337 e. The zero-order valence-electron chi connectivity index (χ0n) is 12.9. The van der Waals surface area contributed by atoms with Gasteiger partial charge < -0.3 is 14.6 Å². The molecule has 4 rings (SSSR count). The van der Waals surface area contributed by atoms with Crippen molar-refractivity contribution in [2.75, 3.05) is 0 Å². The molecule has 5 nitrogen and oxygen atoms in total. The summed E-state index contributed by atoms with van der Waals surface area (Å²) in [7, 11) is 0. The van der Waals surface area contributed by atoms with Crippen LogP contribution < -0.4 is 5.43 Å². The molecule has 0 aromatic heterocycles. The molecule has 0 saturated heterocycles. The van der Waals surface area contributed by atoms with Crippen LogP contribution in [0.5, 0.6) is 5.75 Å². The summed E-state index contributed by atoms with van der Waals surface area (Å²) in [6, 6.07) is 16.0. The Labute approximate surface area is 141 Å². The van der Waals surface area contributed by atoms with Gasteiger partial charge in [0.1, 0.15) is 17.1 Å². The molecule has 5 heteroatoms. The van der Waals surface area contributed by atoms with E-state index in [-0.39, 0.29) is 28.1 Å². The third-order valence-corrected chi connectivity index (χ3v) is 4.08. The highest BCUT2D eigenvalue weighted by Crippen LogP contribution is 2.40. The predicted octanol–water partition coefficient (Wildman–Crippen LogP) is 3.97. The number of aromatic hydroxyl groups is 1. The molecule has 0 atom stereocenters. The SMILES string of the molecule is O=C(O)c1c2c(-c3ccccc3)cc(=O)cc-2oc2cc(O)ccc12. The van der Waals surface area contributed by atoms with Crippen molar-refractivity contribution < 1.29 is 19.4 Å².